The van der Waals surface area contributed by atoms with Gasteiger partial charge in [0.2, 0.25) is 5.75 Å². The molecule has 0 fully saturated rings. The molecule has 0 aliphatic carbocycles. The number of nitriles is 1. The summed E-state index contributed by atoms with van der Waals surface area (Å²) >= 11 is 0. The molecule has 0 unspecified atom stereocenters. The van der Waals surface area contributed by atoms with E-state index in [2.05, 4.69) is 0 Å². The molecule has 0 heterocycles. The molecule has 0 saturated heterocycles. The van der Waals surface area contributed by atoms with Gasteiger partial charge < -0.3 is 4.74 Å². The number of hydrogen-bond donors (Lipinski definition) is 0. The van der Waals surface area contributed by atoms with E-state index in [1.54, 1.807) is 0 Å². The summed E-state index contributed by atoms with van der Waals surface area (Å²) < 4.78 is 5.79. The number of benzene rings is 2. The van der Waals surface area contributed by atoms with E-state index in [0.29, 0.717) is 5.75 Å². The number of hydrogen-bond acceptors (Lipinski definition) is 4. The Morgan fingerprint density at radius 2 is 1.91 bits per heavy atom. The van der Waals surface area contributed by atoms with Gasteiger partial charge in [-0.3, -0.25) is 10.1 Å². The van der Waals surface area contributed by atoms with E-state index < -0.39 is 4.92 Å². The Hall–Kier alpha value is -2.87. The molecule has 0 aliphatic rings. The summed E-state index contributed by atoms with van der Waals surface area (Å²) in [7, 11) is 0. The standard InChI is InChI=1S/C17H16N2O3/c1-11(2)14-6-4-12(3)8-17(14)22-16-7-5-13(10-18)9-15(16)19(20)21/h4-9,11H,1-3H3. The van der Waals surface area contributed by atoms with Gasteiger partial charge in [-0.2, -0.15) is 5.26 Å². The Morgan fingerprint density at radius 3 is 2.50 bits per heavy atom. The van der Waals surface area contributed by atoms with Crippen LogP contribution in [0.5, 0.6) is 11.5 Å². The van der Waals surface area contributed by atoms with Gasteiger partial charge in [-0.15, -0.1) is 0 Å². The molecular formula is C17H16N2O3. The van der Waals surface area contributed by atoms with E-state index in [4.69, 9.17) is 10.00 Å². The molecule has 5 nitrogen and oxygen atoms in total. The molecule has 5 heteroatoms. The Kier molecular flexibility index (Phi) is 4.42. The molecule has 0 saturated carbocycles. The van der Waals surface area contributed by atoms with Gasteiger partial charge in [0.1, 0.15) is 5.75 Å². The van der Waals surface area contributed by atoms with Gasteiger partial charge in [-0.1, -0.05) is 26.0 Å². The molecule has 0 atom stereocenters. The number of rotatable bonds is 4. The fourth-order valence-electron chi connectivity index (χ4n) is 2.14. The average Bonchev–Trinajstić information content (AvgIpc) is 2.47. The molecule has 0 aromatic heterocycles. The highest BCUT2D eigenvalue weighted by Gasteiger charge is 2.18. The zero-order chi connectivity index (χ0) is 16.3. The van der Waals surface area contributed by atoms with Crippen LogP contribution in [0.3, 0.4) is 0 Å². The smallest absolute Gasteiger partial charge is 0.312 e. The highest BCUT2D eigenvalue weighted by molar-refractivity contribution is 5.54. The van der Waals surface area contributed by atoms with Crippen molar-refractivity contribution in [1.29, 1.82) is 5.26 Å². The van der Waals surface area contributed by atoms with Crippen molar-refractivity contribution in [2.24, 2.45) is 0 Å². The number of nitro groups is 1. The summed E-state index contributed by atoms with van der Waals surface area (Å²) in [5.74, 6) is 0.965. The Bertz CT molecular complexity index is 761. The summed E-state index contributed by atoms with van der Waals surface area (Å²) in [6, 6.07) is 11.9. The summed E-state index contributed by atoms with van der Waals surface area (Å²) in [6.07, 6.45) is 0. The van der Waals surface area contributed by atoms with Crippen molar-refractivity contribution in [3.8, 4) is 17.6 Å². The second kappa shape index (κ2) is 6.27. The van der Waals surface area contributed by atoms with Gasteiger partial charge in [0.25, 0.3) is 0 Å². The minimum absolute atomic E-state index is 0.136. The molecular weight excluding hydrogens is 280 g/mol. The van der Waals surface area contributed by atoms with Crippen molar-refractivity contribution >= 4 is 5.69 Å². The average molecular weight is 296 g/mol. The first kappa shape index (κ1) is 15.5. The molecule has 0 amide bonds. The quantitative estimate of drug-likeness (QED) is 0.605. The Balaban J connectivity index is 2.50. The molecule has 0 aliphatic heterocycles. The maximum absolute atomic E-state index is 11.2. The first-order valence-corrected chi connectivity index (χ1v) is 6.89. The van der Waals surface area contributed by atoms with Gasteiger partial charge >= 0.3 is 5.69 Å². The molecule has 2 aromatic carbocycles. The topological polar surface area (TPSA) is 76.2 Å². The molecule has 0 radical (unpaired) electrons. The molecule has 112 valence electrons. The van der Waals surface area contributed by atoms with Crippen LogP contribution >= 0.6 is 0 Å². The summed E-state index contributed by atoms with van der Waals surface area (Å²) in [4.78, 5) is 10.6. The van der Waals surface area contributed by atoms with Crippen molar-refractivity contribution in [3.05, 3.63) is 63.2 Å². The van der Waals surface area contributed by atoms with E-state index in [9.17, 15) is 10.1 Å². The molecule has 2 rings (SSSR count). The predicted octanol–water partition coefficient (Wildman–Crippen LogP) is 4.69. The van der Waals surface area contributed by atoms with Crippen LogP contribution in [0.25, 0.3) is 0 Å². The lowest BCUT2D eigenvalue weighted by Gasteiger charge is -2.14. The summed E-state index contributed by atoms with van der Waals surface area (Å²) in [5, 5.41) is 20.0. The van der Waals surface area contributed by atoms with Crippen molar-refractivity contribution in [3.63, 3.8) is 0 Å². The van der Waals surface area contributed by atoms with Gasteiger partial charge in [-0.25, -0.2) is 0 Å². The molecule has 22 heavy (non-hydrogen) atoms. The second-order valence-electron chi connectivity index (χ2n) is 5.35. The third kappa shape index (κ3) is 3.23. The van der Waals surface area contributed by atoms with Gasteiger partial charge in [0.05, 0.1) is 16.6 Å². The van der Waals surface area contributed by atoms with Crippen molar-refractivity contribution in [2.45, 2.75) is 26.7 Å². The zero-order valence-electron chi connectivity index (χ0n) is 12.7. The minimum atomic E-state index is -0.541. The maximum Gasteiger partial charge on any atom is 0.312 e. The summed E-state index contributed by atoms with van der Waals surface area (Å²) in [6.45, 7) is 6.00. The maximum atomic E-state index is 11.2. The molecule has 0 spiro atoms. The van der Waals surface area contributed by atoms with Crippen LogP contribution in [-0.4, -0.2) is 4.92 Å². The lowest BCUT2D eigenvalue weighted by molar-refractivity contribution is -0.385. The third-order valence-electron chi connectivity index (χ3n) is 3.30. The van der Waals surface area contributed by atoms with Crippen LogP contribution in [-0.2, 0) is 0 Å². The molecule has 0 bridgehead atoms. The highest BCUT2D eigenvalue weighted by atomic mass is 16.6. The first-order chi connectivity index (χ1) is 10.4. The SMILES string of the molecule is Cc1ccc(C(C)C)c(Oc2ccc(C#N)cc2[N+](=O)[O-])c1. The van der Waals surface area contributed by atoms with E-state index in [1.165, 1.54) is 18.2 Å². The number of ether oxygens (including phenoxy) is 1. The minimum Gasteiger partial charge on any atom is -0.450 e. The molecule has 0 N–H and O–H groups in total. The zero-order valence-corrected chi connectivity index (χ0v) is 12.7. The van der Waals surface area contributed by atoms with Crippen LogP contribution in [0, 0.1) is 28.4 Å². The van der Waals surface area contributed by atoms with Gasteiger partial charge in [0.15, 0.2) is 0 Å². The van der Waals surface area contributed by atoms with E-state index in [0.717, 1.165) is 11.1 Å². The third-order valence-corrected chi connectivity index (χ3v) is 3.30. The number of aryl methyl sites for hydroxylation is 1. The van der Waals surface area contributed by atoms with Crippen LogP contribution in [0.15, 0.2) is 36.4 Å². The Labute approximate surface area is 128 Å². The van der Waals surface area contributed by atoms with Crippen LogP contribution in [0.1, 0.15) is 36.5 Å². The lowest BCUT2D eigenvalue weighted by Crippen LogP contribution is -1.98. The van der Waals surface area contributed by atoms with Crippen LogP contribution < -0.4 is 4.74 Å². The van der Waals surface area contributed by atoms with Gasteiger partial charge in [0, 0.05) is 6.07 Å². The van der Waals surface area contributed by atoms with Crippen molar-refractivity contribution in [1.82, 2.24) is 0 Å². The first-order valence-electron chi connectivity index (χ1n) is 6.89. The number of nitrogens with zero attached hydrogens (tertiary/aromatic N) is 2. The van der Waals surface area contributed by atoms with E-state index in [-0.39, 0.29) is 22.9 Å². The fraction of sp³-hybridized carbons (Fsp3) is 0.235. The largest absolute Gasteiger partial charge is 0.450 e. The second-order valence-corrected chi connectivity index (χ2v) is 5.35. The predicted molar refractivity (Wildman–Crippen MR) is 83.2 cm³/mol. The highest BCUT2D eigenvalue weighted by Crippen LogP contribution is 2.36. The van der Waals surface area contributed by atoms with Gasteiger partial charge in [-0.05, 0) is 42.2 Å². The lowest BCUT2D eigenvalue weighted by atomic mass is 10.0. The van der Waals surface area contributed by atoms with Crippen molar-refractivity contribution < 1.29 is 9.66 Å². The normalized spacial score (nSPS) is 10.3. The fourth-order valence-corrected chi connectivity index (χ4v) is 2.14. The summed E-state index contributed by atoms with van der Waals surface area (Å²) in [5.41, 5.74) is 2.00. The van der Waals surface area contributed by atoms with E-state index in [1.807, 2.05) is 45.0 Å². The monoisotopic (exact) mass is 296 g/mol. The number of nitro benzene ring substituents is 1. The Morgan fingerprint density at radius 1 is 1.18 bits per heavy atom. The van der Waals surface area contributed by atoms with Crippen LogP contribution in [0.4, 0.5) is 5.69 Å². The van der Waals surface area contributed by atoms with Crippen molar-refractivity contribution in [2.75, 3.05) is 0 Å². The molecule has 2 aromatic rings. The van der Waals surface area contributed by atoms with E-state index >= 15 is 0 Å². The van der Waals surface area contributed by atoms with Crippen LogP contribution in [0.2, 0.25) is 0 Å².